The maximum atomic E-state index is 12.9. The summed E-state index contributed by atoms with van der Waals surface area (Å²) >= 11 is 1.59. The molecule has 0 radical (unpaired) electrons. The maximum absolute atomic E-state index is 12.9. The van der Waals surface area contributed by atoms with Crippen LogP contribution in [-0.2, 0) is 22.4 Å². The van der Waals surface area contributed by atoms with Crippen LogP contribution in [0.25, 0.3) is 0 Å². The molecule has 3 aromatic rings. The Morgan fingerprint density at radius 2 is 1.94 bits per heavy atom. The van der Waals surface area contributed by atoms with E-state index in [0.717, 1.165) is 45.6 Å². The molecule has 1 unspecified atom stereocenters. The van der Waals surface area contributed by atoms with Crippen molar-refractivity contribution in [3.8, 4) is 0 Å². The van der Waals surface area contributed by atoms with Crippen LogP contribution in [0.3, 0.4) is 0 Å². The van der Waals surface area contributed by atoms with Gasteiger partial charge < -0.3 is 9.74 Å². The van der Waals surface area contributed by atoms with Crippen LogP contribution in [0.15, 0.2) is 46.9 Å². The van der Waals surface area contributed by atoms with E-state index in [-0.39, 0.29) is 24.5 Å². The van der Waals surface area contributed by atoms with E-state index in [2.05, 4.69) is 10.3 Å². The first-order valence-electron chi connectivity index (χ1n) is 11.4. The van der Waals surface area contributed by atoms with Gasteiger partial charge in [-0.25, -0.2) is 4.98 Å². The van der Waals surface area contributed by atoms with E-state index in [4.69, 9.17) is 9.82 Å². The van der Waals surface area contributed by atoms with Crippen LogP contribution < -0.4 is 0 Å². The first kappa shape index (κ1) is 23.5. The molecule has 35 heavy (non-hydrogen) atoms. The highest BCUT2D eigenvalue weighted by atomic mass is 32.1. The SMILES string of the molecule is Cc1cc(C(F)(F)F)nn1CC(=O)N1CCC(c2nc(C3CC(c4ccccc4)=NO3)cs2)CC1. The van der Waals surface area contributed by atoms with Crippen LogP contribution >= 0.6 is 11.3 Å². The molecule has 1 aromatic carbocycles. The van der Waals surface area contributed by atoms with E-state index in [9.17, 15) is 18.0 Å². The van der Waals surface area contributed by atoms with Crippen LogP contribution in [0.2, 0.25) is 0 Å². The lowest BCUT2D eigenvalue weighted by Gasteiger charge is -2.31. The Hall–Kier alpha value is -3.21. The molecule has 0 bridgehead atoms. The van der Waals surface area contributed by atoms with Crippen molar-refractivity contribution in [3.05, 3.63) is 69.4 Å². The third kappa shape index (κ3) is 5.09. The Morgan fingerprint density at radius 3 is 2.63 bits per heavy atom. The number of carbonyl (C=O) groups is 1. The summed E-state index contributed by atoms with van der Waals surface area (Å²) in [7, 11) is 0. The molecule has 2 aliphatic rings. The van der Waals surface area contributed by atoms with Crippen molar-refractivity contribution in [2.45, 2.75) is 50.9 Å². The molecule has 11 heteroatoms. The summed E-state index contributed by atoms with van der Waals surface area (Å²) < 4.78 is 39.8. The van der Waals surface area contributed by atoms with Gasteiger partial charge in [-0.2, -0.15) is 18.3 Å². The Bertz CT molecular complexity index is 1230. The summed E-state index contributed by atoms with van der Waals surface area (Å²) in [5.41, 5.74) is 2.15. The molecule has 1 atom stereocenters. The van der Waals surface area contributed by atoms with Gasteiger partial charge in [0.15, 0.2) is 11.8 Å². The Labute approximate surface area is 204 Å². The molecular weight excluding hydrogens is 479 g/mol. The van der Waals surface area contributed by atoms with Crippen molar-refractivity contribution in [1.82, 2.24) is 19.7 Å². The lowest BCUT2D eigenvalue weighted by Crippen LogP contribution is -2.40. The standard InChI is InChI=1S/C24H24F3N5O2S/c1-15-11-21(24(25,26)27)29-32(15)13-22(33)31-9-7-17(8-10-31)23-28-19(14-35-23)20-12-18(30-34-20)16-5-3-2-4-6-16/h2-6,11,14,17,20H,7-10,12-13H2,1H3. The number of nitrogens with zero attached hydrogens (tertiary/aromatic N) is 5. The van der Waals surface area contributed by atoms with Crippen molar-refractivity contribution < 1.29 is 22.8 Å². The molecule has 184 valence electrons. The van der Waals surface area contributed by atoms with Gasteiger partial charge >= 0.3 is 6.18 Å². The van der Waals surface area contributed by atoms with Crippen LogP contribution in [0.5, 0.6) is 0 Å². The van der Waals surface area contributed by atoms with E-state index in [1.165, 1.54) is 6.92 Å². The third-order valence-electron chi connectivity index (χ3n) is 6.40. The van der Waals surface area contributed by atoms with Gasteiger partial charge in [-0.1, -0.05) is 35.5 Å². The summed E-state index contributed by atoms with van der Waals surface area (Å²) in [6.45, 7) is 2.39. The average Bonchev–Trinajstić information content (AvgIpc) is 3.60. The number of aryl methyl sites for hydroxylation is 1. The lowest BCUT2D eigenvalue weighted by molar-refractivity contribution is -0.142. The zero-order valence-electron chi connectivity index (χ0n) is 19.0. The highest BCUT2D eigenvalue weighted by Crippen LogP contribution is 2.35. The van der Waals surface area contributed by atoms with E-state index >= 15 is 0 Å². The number of oxime groups is 1. The first-order valence-corrected chi connectivity index (χ1v) is 12.3. The van der Waals surface area contributed by atoms with Gasteiger partial charge in [0.2, 0.25) is 5.91 Å². The number of alkyl halides is 3. The number of carbonyl (C=O) groups excluding carboxylic acids is 1. The van der Waals surface area contributed by atoms with Crippen LogP contribution in [-0.4, -0.2) is 44.4 Å². The largest absolute Gasteiger partial charge is 0.435 e. The van der Waals surface area contributed by atoms with Crippen molar-refractivity contribution in [2.75, 3.05) is 13.1 Å². The summed E-state index contributed by atoms with van der Waals surface area (Å²) in [5, 5.41) is 10.8. The van der Waals surface area contributed by atoms with Gasteiger partial charge in [-0.15, -0.1) is 11.3 Å². The molecule has 1 fully saturated rings. The second kappa shape index (κ2) is 9.44. The second-order valence-corrected chi connectivity index (χ2v) is 9.68. The van der Waals surface area contributed by atoms with Gasteiger partial charge in [0.1, 0.15) is 6.54 Å². The molecule has 2 aliphatic heterocycles. The number of likely N-dealkylation sites (tertiary alicyclic amines) is 1. The number of hydrogen-bond donors (Lipinski definition) is 0. The van der Waals surface area contributed by atoms with Crippen molar-refractivity contribution in [2.24, 2.45) is 5.16 Å². The van der Waals surface area contributed by atoms with E-state index in [1.807, 2.05) is 35.7 Å². The molecule has 0 saturated carbocycles. The molecule has 0 N–H and O–H groups in total. The number of aromatic nitrogens is 3. The highest BCUT2D eigenvalue weighted by Gasteiger charge is 2.35. The molecule has 1 amide bonds. The van der Waals surface area contributed by atoms with Gasteiger partial charge in [-0.05, 0) is 31.4 Å². The van der Waals surface area contributed by atoms with Crippen molar-refractivity contribution in [1.29, 1.82) is 0 Å². The zero-order valence-corrected chi connectivity index (χ0v) is 19.8. The predicted octanol–water partition coefficient (Wildman–Crippen LogP) is 4.94. The molecule has 7 nitrogen and oxygen atoms in total. The van der Waals surface area contributed by atoms with E-state index < -0.39 is 11.9 Å². The summed E-state index contributed by atoms with van der Waals surface area (Å²) in [5.74, 6) is 0.00475. The Balaban J connectivity index is 1.15. The molecule has 1 saturated heterocycles. The molecule has 4 heterocycles. The lowest BCUT2D eigenvalue weighted by atomic mass is 9.97. The number of amides is 1. The number of thiazole rings is 1. The minimum atomic E-state index is -4.53. The second-order valence-electron chi connectivity index (χ2n) is 8.79. The van der Waals surface area contributed by atoms with Crippen molar-refractivity contribution >= 4 is 23.0 Å². The number of benzene rings is 1. The Kier molecular flexibility index (Phi) is 6.35. The fourth-order valence-corrected chi connectivity index (χ4v) is 5.42. The van der Waals surface area contributed by atoms with Gasteiger partial charge in [-0.3, -0.25) is 9.48 Å². The molecule has 0 spiro atoms. The first-order chi connectivity index (χ1) is 16.8. The monoisotopic (exact) mass is 503 g/mol. The summed E-state index contributed by atoms with van der Waals surface area (Å²) in [6, 6.07) is 10.9. The summed E-state index contributed by atoms with van der Waals surface area (Å²) in [6.07, 6.45) is -2.55. The van der Waals surface area contributed by atoms with Gasteiger partial charge in [0.05, 0.1) is 16.4 Å². The number of halogens is 3. The molecule has 0 aliphatic carbocycles. The maximum Gasteiger partial charge on any atom is 0.435 e. The summed E-state index contributed by atoms with van der Waals surface area (Å²) in [4.78, 5) is 24.8. The minimum Gasteiger partial charge on any atom is -0.385 e. The zero-order chi connectivity index (χ0) is 24.6. The third-order valence-corrected chi connectivity index (χ3v) is 7.42. The normalized spacial score (nSPS) is 19.0. The smallest absolute Gasteiger partial charge is 0.385 e. The van der Waals surface area contributed by atoms with Gasteiger partial charge in [0, 0.05) is 36.5 Å². The molecule has 2 aromatic heterocycles. The van der Waals surface area contributed by atoms with E-state index in [1.54, 1.807) is 16.2 Å². The van der Waals surface area contributed by atoms with Crippen molar-refractivity contribution in [3.63, 3.8) is 0 Å². The fraction of sp³-hybridized carbons (Fsp3) is 0.417. The molecular formula is C24H24F3N5O2S. The highest BCUT2D eigenvalue weighted by molar-refractivity contribution is 7.09. The van der Waals surface area contributed by atoms with Crippen LogP contribution in [0.4, 0.5) is 13.2 Å². The average molecular weight is 504 g/mol. The van der Waals surface area contributed by atoms with Gasteiger partial charge in [0.25, 0.3) is 0 Å². The predicted molar refractivity (Wildman–Crippen MR) is 124 cm³/mol. The van der Waals surface area contributed by atoms with Crippen LogP contribution in [0, 0.1) is 6.92 Å². The number of piperidine rings is 1. The number of rotatable bonds is 5. The fourth-order valence-electron chi connectivity index (χ4n) is 4.39. The minimum absolute atomic E-state index is 0.198. The quantitative estimate of drug-likeness (QED) is 0.495. The molecule has 5 rings (SSSR count). The van der Waals surface area contributed by atoms with Crippen LogP contribution in [0.1, 0.15) is 58.9 Å². The number of hydrogen-bond acceptors (Lipinski definition) is 6. The topological polar surface area (TPSA) is 72.6 Å². The van der Waals surface area contributed by atoms with E-state index in [0.29, 0.717) is 25.2 Å². The Morgan fingerprint density at radius 1 is 1.20 bits per heavy atom.